The van der Waals surface area contributed by atoms with Crippen LogP contribution in [0.5, 0.6) is 0 Å². The van der Waals surface area contributed by atoms with Crippen LogP contribution in [0.15, 0.2) is 24.3 Å². The number of nitrogens with one attached hydrogen (secondary N) is 1. The molecule has 0 amide bonds. The van der Waals surface area contributed by atoms with E-state index in [1.54, 1.807) is 0 Å². The molecule has 0 saturated carbocycles. The number of anilines is 2. The van der Waals surface area contributed by atoms with Gasteiger partial charge in [0.05, 0.1) is 0 Å². The predicted molar refractivity (Wildman–Crippen MR) is 83.1 cm³/mol. The van der Waals surface area contributed by atoms with Crippen LogP contribution in [0, 0.1) is 0 Å². The summed E-state index contributed by atoms with van der Waals surface area (Å²) in [6.07, 6.45) is 1.000. The van der Waals surface area contributed by atoms with E-state index in [-0.39, 0.29) is 0 Å². The third-order valence-corrected chi connectivity index (χ3v) is 2.95. The molecule has 0 fully saturated rings. The summed E-state index contributed by atoms with van der Waals surface area (Å²) in [7, 11) is 3.86. The Morgan fingerprint density at radius 3 is 2.55 bits per heavy atom. The van der Waals surface area contributed by atoms with Crippen LogP contribution in [0.2, 0.25) is 0 Å². The van der Waals surface area contributed by atoms with E-state index in [1.165, 1.54) is 5.56 Å². The summed E-state index contributed by atoms with van der Waals surface area (Å²) in [6.45, 7) is 4.95. The van der Waals surface area contributed by atoms with Gasteiger partial charge in [-0.15, -0.1) is 0 Å². The Balaban J connectivity index is 2.48. The zero-order valence-electron chi connectivity index (χ0n) is 12.5. The van der Waals surface area contributed by atoms with Gasteiger partial charge in [-0.1, -0.05) is 25.1 Å². The SMILES string of the molecule is CCNc1nc(-c2cccc(CC)c2)nc(N(C)C)n1. The van der Waals surface area contributed by atoms with Crippen LogP contribution >= 0.6 is 0 Å². The highest BCUT2D eigenvalue weighted by atomic mass is 15.3. The van der Waals surface area contributed by atoms with Crippen molar-refractivity contribution in [3.8, 4) is 11.4 Å². The molecule has 0 aliphatic rings. The topological polar surface area (TPSA) is 53.9 Å². The lowest BCUT2D eigenvalue weighted by molar-refractivity contribution is 0.953. The van der Waals surface area contributed by atoms with Crippen molar-refractivity contribution >= 4 is 11.9 Å². The Hall–Kier alpha value is -2.17. The maximum Gasteiger partial charge on any atom is 0.230 e. The molecular formula is C15H21N5. The summed E-state index contributed by atoms with van der Waals surface area (Å²) in [5, 5.41) is 3.15. The maximum atomic E-state index is 4.52. The zero-order valence-corrected chi connectivity index (χ0v) is 12.5. The van der Waals surface area contributed by atoms with E-state index in [2.05, 4.69) is 39.3 Å². The van der Waals surface area contributed by atoms with Gasteiger partial charge in [0.1, 0.15) is 0 Å². The summed E-state index contributed by atoms with van der Waals surface area (Å²) in [5.41, 5.74) is 2.30. The number of aromatic nitrogens is 3. The van der Waals surface area contributed by atoms with Crippen molar-refractivity contribution in [3.63, 3.8) is 0 Å². The third-order valence-electron chi connectivity index (χ3n) is 2.95. The highest BCUT2D eigenvalue weighted by Crippen LogP contribution is 2.20. The molecule has 2 aromatic rings. The van der Waals surface area contributed by atoms with Gasteiger partial charge >= 0.3 is 0 Å². The fourth-order valence-electron chi connectivity index (χ4n) is 1.86. The van der Waals surface area contributed by atoms with Crippen LogP contribution in [0.3, 0.4) is 0 Å². The molecule has 0 bridgehead atoms. The molecule has 0 radical (unpaired) electrons. The van der Waals surface area contributed by atoms with E-state index in [9.17, 15) is 0 Å². The van der Waals surface area contributed by atoms with Crippen molar-refractivity contribution in [2.75, 3.05) is 30.9 Å². The second-order valence-electron chi connectivity index (χ2n) is 4.76. The molecule has 1 heterocycles. The van der Waals surface area contributed by atoms with Crippen LogP contribution in [-0.4, -0.2) is 35.6 Å². The van der Waals surface area contributed by atoms with Crippen molar-refractivity contribution < 1.29 is 0 Å². The molecular weight excluding hydrogens is 250 g/mol. The molecule has 0 saturated heterocycles. The fourth-order valence-corrected chi connectivity index (χ4v) is 1.86. The van der Waals surface area contributed by atoms with Gasteiger partial charge < -0.3 is 10.2 Å². The summed E-state index contributed by atoms with van der Waals surface area (Å²) < 4.78 is 0. The zero-order chi connectivity index (χ0) is 14.5. The summed E-state index contributed by atoms with van der Waals surface area (Å²) in [4.78, 5) is 15.3. The van der Waals surface area contributed by atoms with Gasteiger partial charge in [0.25, 0.3) is 0 Å². The molecule has 1 N–H and O–H groups in total. The van der Waals surface area contributed by atoms with Crippen LogP contribution < -0.4 is 10.2 Å². The lowest BCUT2D eigenvalue weighted by Gasteiger charge is -2.13. The number of rotatable bonds is 5. The summed E-state index contributed by atoms with van der Waals surface area (Å²) >= 11 is 0. The van der Waals surface area contributed by atoms with Gasteiger partial charge in [-0.05, 0) is 25.0 Å². The summed E-state index contributed by atoms with van der Waals surface area (Å²) in [6, 6.07) is 8.32. The molecule has 0 aliphatic carbocycles. The van der Waals surface area contributed by atoms with E-state index in [0.717, 1.165) is 18.5 Å². The van der Waals surface area contributed by atoms with Crippen molar-refractivity contribution in [2.45, 2.75) is 20.3 Å². The van der Waals surface area contributed by atoms with Crippen LogP contribution in [0.25, 0.3) is 11.4 Å². The molecule has 20 heavy (non-hydrogen) atoms. The van der Waals surface area contributed by atoms with E-state index < -0.39 is 0 Å². The monoisotopic (exact) mass is 271 g/mol. The maximum absolute atomic E-state index is 4.52. The largest absolute Gasteiger partial charge is 0.354 e. The highest BCUT2D eigenvalue weighted by Gasteiger charge is 2.09. The van der Waals surface area contributed by atoms with Gasteiger partial charge in [0.2, 0.25) is 11.9 Å². The molecule has 2 rings (SSSR count). The van der Waals surface area contributed by atoms with Gasteiger partial charge in [-0.3, -0.25) is 0 Å². The Bertz CT molecular complexity index is 580. The van der Waals surface area contributed by atoms with Gasteiger partial charge in [0.15, 0.2) is 5.82 Å². The number of hydrogen-bond acceptors (Lipinski definition) is 5. The Morgan fingerprint density at radius 1 is 1.10 bits per heavy atom. The average molecular weight is 271 g/mol. The first-order valence-corrected chi connectivity index (χ1v) is 6.90. The van der Waals surface area contributed by atoms with E-state index >= 15 is 0 Å². The van der Waals surface area contributed by atoms with Crippen molar-refractivity contribution in [3.05, 3.63) is 29.8 Å². The van der Waals surface area contributed by atoms with Crippen LogP contribution in [0.1, 0.15) is 19.4 Å². The lowest BCUT2D eigenvalue weighted by Crippen LogP contribution is -2.15. The van der Waals surface area contributed by atoms with E-state index in [0.29, 0.717) is 17.7 Å². The Kier molecular flexibility index (Phi) is 4.50. The van der Waals surface area contributed by atoms with Crippen LogP contribution in [0.4, 0.5) is 11.9 Å². The van der Waals surface area contributed by atoms with E-state index in [4.69, 9.17) is 0 Å². The first-order chi connectivity index (χ1) is 9.63. The minimum atomic E-state index is 0.614. The molecule has 5 heteroatoms. The number of nitrogens with zero attached hydrogens (tertiary/aromatic N) is 4. The number of aryl methyl sites for hydroxylation is 1. The minimum Gasteiger partial charge on any atom is -0.354 e. The highest BCUT2D eigenvalue weighted by molar-refractivity contribution is 5.59. The van der Waals surface area contributed by atoms with Crippen molar-refractivity contribution in [2.24, 2.45) is 0 Å². The first-order valence-electron chi connectivity index (χ1n) is 6.90. The smallest absolute Gasteiger partial charge is 0.230 e. The molecule has 0 spiro atoms. The quantitative estimate of drug-likeness (QED) is 0.906. The summed E-state index contributed by atoms with van der Waals surface area (Å²) in [5.74, 6) is 1.98. The van der Waals surface area contributed by atoms with Gasteiger partial charge in [-0.2, -0.15) is 15.0 Å². The Labute approximate surface area is 120 Å². The molecule has 106 valence electrons. The van der Waals surface area contributed by atoms with E-state index in [1.807, 2.05) is 38.1 Å². The number of benzene rings is 1. The molecule has 1 aromatic carbocycles. The van der Waals surface area contributed by atoms with Crippen LogP contribution in [-0.2, 0) is 6.42 Å². The van der Waals surface area contributed by atoms with Crippen molar-refractivity contribution in [1.82, 2.24) is 15.0 Å². The normalized spacial score (nSPS) is 10.4. The third kappa shape index (κ3) is 3.23. The predicted octanol–water partition coefficient (Wildman–Crippen LogP) is 2.60. The molecule has 0 unspecified atom stereocenters. The van der Waals surface area contributed by atoms with Crippen molar-refractivity contribution in [1.29, 1.82) is 0 Å². The number of hydrogen-bond donors (Lipinski definition) is 1. The molecule has 0 atom stereocenters. The lowest BCUT2D eigenvalue weighted by atomic mass is 10.1. The average Bonchev–Trinajstić information content (AvgIpc) is 2.47. The second kappa shape index (κ2) is 6.32. The minimum absolute atomic E-state index is 0.614. The van der Waals surface area contributed by atoms with Gasteiger partial charge in [-0.25, -0.2) is 0 Å². The second-order valence-corrected chi connectivity index (χ2v) is 4.76. The molecule has 5 nitrogen and oxygen atoms in total. The fraction of sp³-hybridized carbons (Fsp3) is 0.400. The Morgan fingerprint density at radius 2 is 1.90 bits per heavy atom. The molecule has 0 aliphatic heterocycles. The standard InChI is InChI=1S/C15H21N5/c1-5-11-8-7-9-12(10-11)13-17-14(16-6-2)19-15(18-13)20(3)4/h7-10H,5-6H2,1-4H3,(H,16,17,18,19). The van der Waals surface area contributed by atoms with Gasteiger partial charge in [0, 0.05) is 26.2 Å². The first kappa shape index (κ1) is 14.2. The molecule has 1 aromatic heterocycles.